The summed E-state index contributed by atoms with van der Waals surface area (Å²) in [6.45, 7) is 7.92. The maximum Gasteiger partial charge on any atom is 0.494 e. The Bertz CT molecular complexity index is 1380. The Balaban J connectivity index is 1.74. The van der Waals surface area contributed by atoms with Crippen molar-refractivity contribution in [3.05, 3.63) is 70.0 Å². The van der Waals surface area contributed by atoms with Gasteiger partial charge in [0.1, 0.15) is 16.9 Å². The number of carbonyl (C=O) groups is 2. The molecule has 0 atom stereocenters. The van der Waals surface area contributed by atoms with Gasteiger partial charge in [0.05, 0.1) is 11.2 Å². The molecule has 0 spiro atoms. The first-order valence-electron chi connectivity index (χ1n) is 10.9. The molecule has 1 aromatic heterocycles. The SMILES string of the molecule is CC1(C)OB(c2cccc(-c3ccc(-c4c(C(=O)O)c(N)[nH]c(=O)c4C(=O)O)cc3)c2)OC1(C)C. The molecule has 1 fully saturated rings. The van der Waals surface area contributed by atoms with Gasteiger partial charge >= 0.3 is 19.1 Å². The molecule has 0 aliphatic carbocycles. The van der Waals surface area contributed by atoms with E-state index in [1.807, 2.05) is 52.0 Å². The Morgan fingerprint density at radius 3 is 1.94 bits per heavy atom. The summed E-state index contributed by atoms with van der Waals surface area (Å²) in [7, 11) is -0.533. The van der Waals surface area contributed by atoms with Crippen LogP contribution in [0, 0.1) is 0 Å². The molecule has 35 heavy (non-hydrogen) atoms. The number of aromatic nitrogens is 1. The largest absolute Gasteiger partial charge is 0.494 e. The number of anilines is 1. The number of rotatable bonds is 5. The van der Waals surface area contributed by atoms with Crippen LogP contribution in [0.15, 0.2) is 53.3 Å². The molecule has 1 aliphatic heterocycles. The molecule has 4 rings (SSSR count). The van der Waals surface area contributed by atoms with Crippen molar-refractivity contribution < 1.29 is 29.1 Å². The van der Waals surface area contributed by atoms with Crippen molar-refractivity contribution in [1.82, 2.24) is 4.98 Å². The number of carboxylic acids is 2. The number of nitrogens with two attached hydrogens (primary N) is 1. The molecule has 2 heterocycles. The molecular formula is C25H25BN2O7. The van der Waals surface area contributed by atoms with Crippen molar-refractivity contribution >= 4 is 30.3 Å². The highest BCUT2D eigenvalue weighted by Gasteiger charge is 2.51. The third kappa shape index (κ3) is 4.22. The number of carboxylic acid groups (broad SMARTS) is 2. The maximum absolute atomic E-state index is 12.3. The van der Waals surface area contributed by atoms with E-state index in [1.165, 1.54) is 0 Å². The fourth-order valence-electron chi connectivity index (χ4n) is 4.01. The second-order valence-electron chi connectivity index (χ2n) is 9.39. The lowest BCUT2D eigenvalue weighted by Gasteiger charge is -2.32. The van der Waals surface area contributed by atoms with Gasteiger partial charge in [-0.3, -0.25) is 4.79 Å². The lowest BCUT2D eigenvalue weighted by molar-refractivity contribution is 0.00578. The lowest BCUT2D eigenvalue weighted by atomic mass is 9.78. The second-order valence-corrected chi connectivity index (χ2v) is 9.39. The van der Waals surface area contributed by atoms with Gasteiger partial charge in [-0.1, -0.05) is 48.5 Å². The summed E-state index contributed by atoms with van der Waals surface area (Å²) in [6.07, 6.45) is 0. The predicted molar refractivity (Wildman–Crippen MR) is 132 cm³/mol. The summed E-state index contributed by atoms with van der Waals surface area (Å²) in [5, 5.41) is 19.2. The zero-order valence-electron chi connectivity index (χ0n) is 19.7. The van der Waals surface area contributed by atoms with E-state index >= 15 is 0 Å². The fourth-order valence-corrected chi connectivity index (χ4v) is 4.01. The maximum atomic E-state index is 12.3. The first kappa shape index (κ1) is 24.2. The highest BCUT2D eigenvalue weighted by Crippen LogP contribution is 2.37. The summed E-state index contributed by atoms with van der Waals surface area (Å²) in [5.74, 6) is -3.42. The average molecular weight is 476 g/mol. The topological polar surface area (TPSA) is 152 Å². The molecule has 1 aliphatic rings. The number of nitrogen functional groups attached to an aromatic ring is 1. The number of hydrogen-bond acceptors (Lipinski definition) is 6. The van der Waals surface area contributed by atoms with Crippen LogP contribution in [0.1, 0.15) is 48.4 Å². The predicted octanol–water partition coefficient (Wildman–Crippen LogP) is 2.99. The van der Waals surface area contributed by atoms with Gasteiger partial charge in [0.15, 0.2) is 0 Å². The van der Waals surface area contributed by atoms with E-state index in [0.29, 0.717) is 0 Å². The molecule has 0 amide bonds. The van der Waals surface area contributed by atoms with Gasteiger partial charge in [0, 0.05) is 5.56 Å². The molecule has 0 unspecified atom stereocenters. The normalized spacial score (nSPS) is 16.3. The first-order chi connectivity index (χ1) is 16.3. The molecule has 10 heteroatoms. The average Bonchev–Trinajstić information content (AvgIpc) is 2.99. The van der Waals surface area contributed by atoms with E-state index in [4.69, 9.17) is 15.0 Å². The summed E-state index contributed by atoms with van der Waals surface area (Å²) < 4.78 is 12.3. The molecule has 5 N–H and O–H groups in total. The minimum absolute atomic E-state index is 0.239. The highest BCUT2D eigenvalue weighted by molar-refractivity contribution is 6.62. The molecule has 0 radical (unpaired) electrons. The Labute approximate surface area is 201 Å². The van der Waals surface area contributed by atoms with E-state index in [1.54, 1.807) is 24.3 Å². The number of H-pyrrole nitrogens is 1. The number of aromatic carboxylic acids is 2. The van der Waals surface area contributed by atoms with Gasteiger partial charge in [-0.25, -0.2) is 9.59 Å². The number of hydrogen-bond donors (Lipinski definition) is 4. The van der Waals surface area contributed by atoms with Crippen LogP contribution in [0.5, 0.6) is 0 Å². The number of pyridine rings is 1. The van der Waals surface area contributed by atoms with Crippen LogP contribution in [0.3, 0.4) is 0 Å². The van der Waals surface area contributed by atoms with Gasteiger partial charge < -0.3 is 30.2 Å². The van der Waals surface area contributed by atoms with Gasteiger partial charge in [0.25, 0.3) is 5.56 Å². The smallest absolute Gasteiger partial charge is 0.478 e. The minimum atomic E-state index is -1.55. The minimum Gasteiger partial charge on any atom is -0.478 e. The molecule has 9 nitrogen and oxygen atoms in total. The molecular weight excluding hydrogens is 451 g/mol. The van der Waals surface area contributed by atoms with Crippen LogP contribution in [0.2, 0.25) is 0 Å². The van der Waals surface area contributed by atoms with Crippen molar-refractivity contribution in [2.24, 2.45) is 0 Å². The summed E-state index contributed by atoms with van der Waals surface area (Å²) in [6, 6.07) is 14.2. The summed E-state index contributed by atoms with van der Waals surface area (Å²) >= 11 is 0. The zero-order chi connectivity index (χ0) is 25.7. The van der Waals surface area contributed by atoms with Gasteiger partial charge in [-0.2, -0.15) is 0 Å². The zero-order valence-corrected chi connectivity index (χ0v) is 19.7. The second kappa shape index (κ2) is 8.40. The number of nitrogens with one attached hydrogen (secondary N) is 1. The third-order valence-corrected chi connectivity index (χ3v) is 6.59. The third-order valence-electron chi connectivity index (χ3n) is 6.59. The van der Waals surface area contributed by atoms with Gasteiger partial charge in [-0.15, -0.1) is 0 Å². The van der Waals surface area contributed by atoms with Gasteiger partial charge in [-0.05, 0) is 49.8 Å². The van der Waals surface area contributed by atoms with Crippen LogP contribution >= 0.6 is 0 Å². The van der Waals surface area contributed by atoms with Crippen molar-refractivity contribution in [2.75, 3.05) is 5.73 Å². The molecule has 180 valence electrons. The molecule has 2 aromatic carbocycles. The number of aromatic amines is 1. The number of benzene rings is 2. The van der Waals surface area contributed by atoms with E-state index in [9.17, 15) is 24.6 Å². The van der Waals surface area contributed by atoms with E-state index in [2.05, 4.69) is 4.98 Å². The van der Waals surface area contributed by atoms with E-state index in [-0.39, 0.29) is 11.1 Å². The van der Waals surface area contributed by atoms with Crippen LogP contribution in [0.25, 0.3) is 22.3 Å². The summed E-state index contributed by atoms with van der Waals surface area (Å²) in [4.78, 5) is 38.0. The highest BCUT2D eigenvalue weighted by atomic mass is 16.7. The Hall–Kier alpha value is -3.89. The molecule has 1 saturated heterocycles. The lowest BCUT2D eigenvalue weighted by Crippen LogP contribution is -2.41. The van der Waals surface area contributed by atoms with E-state index < -0.39 is 52.8 Å². The summed E-state index contributed by atoms with van der Waals surface area (Å²) in [5.41, 5.74) is 5.09. The molecule has 0 saturated carbocycles. The Kier molecular flexibility index (Phi) is 5.82. The first-order valence-corrected chi connectivity index (χ1v) is 10.9. The van der Waals surface area contributed by atoms with Crippen molar-refractivity contribution in [3.8, 4) is 22.3 Å². The standard InChI is InChI=1S/C25H25BN2O7/c1-24(2)25(3,4)35-26(34-24)16-7-5-6-15(12-16)13-8-10-14(11-9-13)17-18(22(30)31)20(27)28-21(29)19(17)23(32)33/h5-12H,1-4H3,(H,30,31)(H,32,33)(H3,27,28,29). The Morgan fingerprint density at radius 2 is 1.40 bits per heavy atom. The van der Waals surface area contributed by atoms with Crippen LogP contribution < -0.4 is 16.8 Å². The van der Waals surface area contributed by atoms with Crippen LogP contribution in [-0.2, 0) is 9.31 Å². The van der Waals surface area contributed by atoms with Crippen molar-refractivity contribution in [1.29, 1.82) is 0 Å². The van der Waals surface area contributed by atoms with Crippen LogP contribution in [0.4, 0.5) is 5.82 Å². The molecule has 3 aromatic rings. The van der Waals surface area contributed by atoms with Gasteiger partial charge in [0.2, 0.25) is 0 Å². The molecule has 0 bridgehead atoms. The van der Waals surface area contributed by atoms with Crippen LogP contribution in [-0.4, -0.2) is 45.5 Å². The van der Waals surface area contributed by atoms with Crippen molar-refractivity contribution in [2.45, 2.75) is 38.9 Å². The monoisotopic (exact) mass is 476 g/mol. The van der Waals surface area contributed by atoms with E-state index in [0.717, 1.165) is 16.6 Å². The Morgan fingerprint density at radius 1 is 0.857 bits per heavy atom. The quantitative estimate of drug-likeness (QED) is 0.410. The fraction of sp³-hybridized carbons (Fsp3) is 0.240. The van der Waals surface area contributed by atoms with Crippen molar-refractivity contribution in [3.63, 3.8) is 0 Å².